The van der Waals surface area contributed by atoms with Gasteiger partial charge in [0, 0.05) is 4.47 Å². The lowest BCUT2D eigenvalue weighted by atomic mass is 10.1. The summed E-state index contributed by atoms with van der Waals surface area (Å²) in [6.45, 7) is 0. The van der Waals surface area contributed by atoms with Gasteiger partial charge in [0.25, 0.3) is 0 Å². The Hall–Kier alpha value is -0.580. The molecule has 1 atom stereocenters. The number of aliphatic hydroxyl groups is 1. The molecule has 0 spiro atoms. The second-order valence-corrected chi connectivity index (χ2v) is 3.68. The van der Waals surface area contributed by atoms with E-state index in [0.717, 1.165) is 0 Å². The number of benzene rings is 1. The molecule has 2 N–H and O–H groups in total. The van der Waals surface area contributed by atoms with E-state index in [9.17, 15) is 4.79 Å². The lowest BCUT2D eigenvalue weighted by Crippen LogP contribution is -2.10. The van der Waals surface area contributed by atoms with E-state index in [4.69, 9.17) is 21.8 Å². The molecule has 70 valence electrons. The number of hydrogen-bond donors (Lipinski definition) is 2. The fourth-order valence-corrected chi connectivity index (χ4v) is 1.34. The Kier molecular flexibility index (Phi) is 3.30. The van der Waals surface area contributed by atoms with Crippen molar-refractivity contribution in [2.45, 2.75) is 6.10 Å². The van der Waals surface area contributed by atoms with Crippen LogP contribution in [0.15, 0.2) is 22.7 Å². The highest BCUT2D eigenvalue weighted by Gasteiger charge is 2.16. The number of carbonyl (C=O) groups is 1. The molecule has 0 unspecified atom stereocenters. The predicted octanol–water partition coefficient (Wildman–Crippen LogP) is 2.22. The smallest absolute Gasteiger partial charge is 0.337 e. The minimum absolute atomic E-state index is 0.295. The maximum Gasteiger partial charge on any atom is 0.337 e. The largest absolute Gasteiger partial charge is 0.479 e. The summed E-state index contributed by atoms with van der Waals surface area (Å²) in [5, 5.41) is 18.1. The highest BCUT2D eigenvalue weighted by Crippen LogP contribution is 2.26. The number of hydrogen-bond acceptors (Lipinski definition) is 2. The summed E-state index contributed by atoms with van der Waals surface area (Å²) < 4.78 is 0.562. The molecular weight excluding hydrogens is 259 g/mol. The van der Waals surface area contributed by atoms with E-state index >= 15 is 0 Å². The topological polar surface area (TPSA) is 57.5 Å². The molecule has 0 saturated heterocycles. The van der Waals surface area contributed by atoms with Crippen LogP contribution in [-0.2, 0) is 4.79 Å². The summed E-state index contributed by atoms with van der Waals surface area (Å²) in [7, 11) is 0. The molecule has 0 aromatic heterocycles. The third-order valence-corrected chi connectivity index (χ3v) is 2.71. The van der Waals surface area contributed by atoms with Crippen LogP contribution in [0.2, 0.25) is 5.02 Å². The molecule has 0 bridgehead atoms. The molecule has 0 fully saturated rings. The van der Waals surface area contributed by atoms with Crippen LogP contribution in [0.1, 0.15) is 11.7 Å². The Balaban J connectivity index is 3.03. The van der Waals surface area contributed by atoms with E-state index < -0.39 is 12.1 Å². The average molecular weight is 265 g/mol. The van der Waals surface area contributed by atoms with Gasteiger partial charge in [0.15, 0.2) is 6.10 Å². The number of aliphatic carboxylic acids is 1. The summed E-state index contributed by atoms with van der Waals surface area (Å²) in [4.78, 5) is 10.4. The SMILES string of the molecule is O=C(O)[C@@H](O)c1ccc(Cl)c(Br)c1. The number of halogens is 2. The van der Waals surface area contributed by atoms with Crippen LogP contribution < -0.4 is 0 Å². The van der Waals surface area contributed by atoms with Crippen LogP contribution in [0, 0.1) is 0 Å². The first-order valence-corrected chi connectivity index (χ1v) is 4.55. The van der Waals surface area contributed by atoms with Gasteiger partial charge in [-0.2, -0.15) is 0 Å². The fourth-order valence-electron chi connectivity index (χ4n) is 0.825. The van der Waals surface area contributed by atoms with Gasteiger partial charge in [-0.25, -0.2) is 4.79 Å². The van der Waals surface area contributed by atoms with Crippen molar-refractivity contribution < 1.29 is 15.0 Å². The molecule has 1 aromatic carbocycles. The van der Waals surface area contributed by atoms with Crippen molar-refractivity contribution >= 4 is 33.5 Å². The molecule has 0 aliphatic carbocycles. The Labute approximate surface area is 88.1 Å². The first-order chi connectivity index (χ1) is 6.02. The minimum atomic E-state index is -1.51. The van der Waals surface area contributed by atoms with Crippen molar-refractivity contribution in [1.29, 1.82) is 0 Å². The van der Waals surface area contributed by atoms with Crippen LogP contribution >= 0.6 is 27.5 Å². The van der Waals surface area contributed by atoms with Crippen LogP contribution in [0.5, 0.6) is 0 Å². The van der Waals surface area contributed by atoms with Gasteiger partial charge in [-0.05, 0) is 33.6 Å². The van der Waals surface area contributed by atoms with Crippen molar-refractivity contribution in [3.63, 3.8) is 0 Å². The van der Waals surface area contributed by atoms with Crippen molar-refractivity contribution in [3.8, 4) is 0 Å². The van der Waals surface area contributed by atoms with Gasteiger partial charge in [-0.1, -0.05) is 17.7 Å². The summed E-state index contributed by atoms with van der Waals surface area (Å²) in [6, 6.07) is 4.46. The van der Waals surface area contributed by atoms with Crippen LogP contribution in [-0.4, -0.2) is 16.2 Å². The number of rotatable bonds is 2. The average Bonchev–Trinajstić information content (AvgIpc) is 2.08. The molecule has 5 heteroatoms. The summed E-state index contributed by atoms with van der Waals surface area (Å²) >= 11 is 8.82. The maximum atomic E-state index is 10.4. The van der Waals surface area contributed by atoms with E-state index in [1.807, 2.05) is 0 Å². The third kappa shape index (κ3) is 2.43. The summed E-state index contributed by atoms with van der Waals surface area (Å²) in [6.07, 6.45) is -1.51. The molecule has 3 nitrogen and oxygen atoms in total. The van der Waals surface area contributed by atoms with Gasteiger partial charge in [-0.3, -0.25) is 0 Å². The summed E-state index contributed by atoms with van der Waals surface area (Å²) in [5.74, 6) is -1.28. The molecule has 0 heterocycles. The zero-order valence-electron chi connectivity index (χ0n) is 6.37. The van der Waals surface area contributed by atoms with Gasteiger partial charge < -0.3 is 10.2 Å². The molecule has 0 saturated carbocycles. The zero-order valence-corrected chi connectivity index (χ0v) is 8.71. The van der Waals surface area contributed by atoms with Crippen LogP contribution in [0.3, 0.4) is 0 Å². The van der Waals surface area contributed by atoms with E-state index in [0.29, 0.717) is 15.1 Å². The Morgan fingerprint density at radius 2 is 2.15 bits per heavy atom. The monoisotopic (exact) mass is 264 g/mol. The number of aliphatic hydroxyl groups excluding tert-OH is 1. The lowest BCUT2D eigenvalue weighted by molar-refractivity contribution is -0.146. The molecule has 0 radical (unpaired) electrons. The van der Waals surface area contributed by atoms with Crippen molar-refractivity contribution in [3.05, 3.63) is 33.3 Å². The normalized spacial score (nSPS) is 12.5. The lowest BCUT2D eigenvalue weighted by Gasteiger charge is -2.06. The third-order valence-electron chi connectivity index (χ3n) is 1.49. The zero-order chi connectivity index (χ0) is 10.0. The van der Waals surface area contributed by atoms with Gasteiger partial charge in [0.2, 0.25) is 0 Å². The maximum absolute atomic E-state index is 10.4. The van der Waals surface area contributed by atoms with E-state index in [-0.39, 0.29) is 0 Å². The highest BCUT2D eigenvalue weighted by atomic mass is 79.9. The molecule has 0 aliphatic rings. The Bertz CT molecular complexity index is 340. The van der Waals surface area contributed by atoms with Gasteiger partial charge >= 0.3 is 5.97 Å². The number of carboxylic acids is 1. The van der Waals surface area contributed by atoms with Crippen LogP contribution in [0.4, 0.5) is 0 Å². The first kappa shape index (κ1) is 10.5. The minimum Gasteiger partial charge on any atom is -0.479 e. The Morgan fingerprint density at radius 3 is 2.62 bits per heavy atom. The second-order valence-electron chi connectivity index (χ2n) is 2.41. The summed E-state index contributed by atoms with van der Waals surface area (Å²) in [5.41, 5.74) is 0.295. The van der Waals surface area contributed by atoms with Gasteiger partial charge in [0.05, 0.1) is 5.02 Å². The van der Waals surface area contributed by atoms with Gasteiger partial charge in [-0.15, -0.1) is 0 Å². The van der Waals surface area contributed by atoms with Crippen molar-refractivity contribution in [2.24, 2.45) is 0 Å². The molecule has 0 aliphatic heterocycles. The van der Waals surface area contributed by atoms with Gasteiger partial charge in [0.1, 0.15) is 0 Å². The molecular formula is C8H6BrClO3. The number of carboxylic acid groups (broad SMARTS) is 1. The molecule has 1 aromatic rings. The predicted molar refractivity (Wildman–Crippen MR) is 51.7 cm³/mol. The van der Waals surface area contributed by atoms with E-state index in [2.05, 4.69) is 15.9 Å². The second kappa shape index (κ2) is 4.09. The fraction of sp³-hybridized carbons (Fsp3) is 0.125. The Morgan fingerprint density at radius 1 is 1.54 bits per heavy atom. The van der Waals surface area contributed by atoms with Crippen molar-refractivity contribution in [1.82, 2.24) is 0 Å². The van der Waals surface area contributed by atoms with E-state index in [1.165, 1.54) is 18.2 Å². The standard InChI is InChI=1S/C8H6BrClO3/c9-5-3-4(1-2-6(5)10)7(11)8(12)13/h1-3,7,11H,(H,12,13)/t7-/m0/s1. The first-order valence-electron chi connectivity index (χ1n) is 3.38. The molecule has 0 amide bonds. The quantitative estimate of drug-likeness (QED) is 0.862. The highest BCUT2D eigenvalue weighted by molar-refractivity contribution is 9.10. The molecule has 13 heavy (non-hydrogen) atoms. The van der Waals surface area contributed by atoms with E-state index in [1.54, 1.807) is 0 Å². The van der Waals surface area contributed by atoms with Crippen molar-refractivity contribution in [2.75, 3.05) is 0 Å². The molecule has 1 rings (SSSR count). The van der Waals surface area contributed by atoms with Crippen LogP contribution in [0.25, 0.3) is 0 Å².